The smallest absolute Gasteiger partial charge is 0.325 e. The van der Waals surface area contributed by atoms with E-state index in [1.165, 1.54) is 4.90 Å². The van der Waals surface area contributed by atoms with Crippen molar-refractivity contribution in [3.8, 4) is 0 Å². The minimum Gasteiger partial charge on any atom is -0.465 e. The zero-order valence-corrected chi connectivity index (χ0v) is 13.3. The highest BCUT2D eigenvalue weighted by atomic mass is 16.5. The van der Waals surface area contributed by atoms with Crippen molar-refractivity contribution in [1.82, 2.24) is 9.80 Å². The summed E-state index contributed by atoms with van der Waals surface area (Å²) in [5.41, 5.74) is -0.323. The van der Waals surface area contributed by atoms with Gasteiger partial charge in [0.2, 0.25) is 5.91 Å². The van der Waals surface area contributed by atoms with Gasteiger partial charge in [-0.1, -0.05) is 0 Å². The van der Waals surface area contributed by atoms with E-state index < -0.39 is 5.97 Å². The molecule has 2 fully saturated rings. The summed E-state index contributed by atoms with van der Waals surface area (Å²) in [5.74, 6) is -0.597. The lowest BCUT2D eigenvalue weighted by Gasteiger charge is -2.36. The predicted molar refractivity (Wildman–Crippen MR) is 78.0 cm³/mol. The fourth-order valence-electron chi connectivity index (χ4n) is 2.99. The maximum Gasteiger partial charge on any atom is 0.325 e. The molecule has 0 bridgehead atoms. The van der Waals surface area contributed by atoms with Crippen molar-refractivity contribution in [2.24, 2.45) is 5.41 Å². The summed E-state index contributed by atoms with van der Waals surface area (Å²) in [6, 6.07) is 0. The molecule has 124 valence electrons. The van der Waals surface area contributed by atoms with Crippen molar-refractivity contribution in [1.29, 1.82) is 0 Å². The summed E-state index contributed by atoms with van der Waals surface area (Å²) in [5, 5.41) is 0. The lowest BCUT2D eigenvalue weighted by molar-refractivity contribution is -0.150. The lowest BCUT2D eigenvalue weighted by Crippen LogP contribution is -2.47. The first-order valence-corrected chi connectivity index (χ1v) is 7.76. The van der Waals surface area contributed by atoms with Gasteiger partial charge < -0.3 is 14.4 Å². The topological polar surface area (TPSA) is 76.2 Å². The number of esters is 2. The number of rotatable bonds is 5. The molecule has 2 rings (SSSR count). The molecule has 0 aromatic rings. The molecular weight excluding hydrogens is 288 g/mol. The van der Waals surface area contributed by atoms with Gasteiger partial charge in [-0.2, -0.15) is 0 Å². The van der Waals surface area contributed by atoms with E-state index in [-0.39, 0.29) is 30.4 Å². The first-order chi connectivity index (χ1) is 10.5. The van der Waals surface area contributed by atoms with Crippen LogP contribution in [-0.2, 0) is 23.9 Å². The number of nitrogens with zero attached hydrogens (tertiary/aromatic N) is 2. The predicted octanol–water partition coefficient (Wildman–Crippen LogP) is 0.0370. The van der Waals surface area contributed by atoms with Gasteiger partial charge in [-0.25, -0.2) is 0 Å². The molecule has 0 unspecified atom stereocenters. The Labute approximate surface area is 130 Å². The number of likely N-dealkylation sites (tertiary alicyclic amines) is 1. The summed E-state index contributed by atoms with van der Waals surface area (Å²) in [6.45, 7) is 4.20. The Morgan fingerprint density at radius 1 is 1.32 bits per heavy atom. The minimum atomic E-state index is -0.398. The molecule has 0 saturated carbocycles. The Morgan fingerprint density at radius 2 is 2.00 bits per heavy atom. The second-order valence-electron chi connectivity index (χ2n) is 6.00. The molecule has 1 amide bonds. The Bertz CT molecular complexity index is 443. The van der Waals surface area contributed by atoms with Crippen molar-refractivity contribution in [3.63, 3.8) is 0 Å². The number of piperidine rings is 1. The van der Waals surface area contributed by atoms with Crippen LogP contribution >= 0.6 is 0 Å². The van der Waals surface area contributed by atoms with Gasteiger partial charge in [-0.15, -0.1) is 0 Å². The summed E-state index contributed by atoms with van der Waals surface area (Å²) in [4.78, 5) is 38.7. The number of carbonyl (C=O) groups excluding carboxylic acids is 3. The fourth-order valence-corrected chi connectivity index (χ4v) is 2.99. The van der Waals surface area contributed by atoms with Crippen LogP contribution in [0.4, 0.5) is 0 Å². The highest BCUT2D eigenvalue weighted by molar-refractivity contribution is 5.83. The molecule has 0 aromatic carbocycles. The Hall–Kier alpha value is -1.63. The van der Waals surface area contributed by atoms with Crippen LogP contribution in [0.15, 0.2) is 0 Å². The Balaban J connectivity index is 1.77. The number of cyclic esters (lactones) is 1. The number of hydrogen-bond donors (Lipinski definition) is 0. The maximum atomic E-state index is 12.1. The molecule has 0 aromatic heterocycles. The lowest BCUT2D eigenvalue weighted by atomic mass is 9.77. The molecule has 22 heavy (non-hydrogen) atoms. The van der Waals surface area contributed by atoms with Gasteiger partial charge in [-0.3, -0.25) is 19.3 Å². The summed E-state index contributed by atoms with van der Waals surface area (Å²) in [6.07, 6.45) is 2.26. The molecule has 1 spiro atoms. The molecule has 2 aliphatic rings. The van der Waals surface area contributed by atoms with Crippen molar-refractivity contribution >= 4 is 17.8 Å². The van der Waals surface area contributed by atoms with E-state index in [2.05, 4.69) is 0 Å². The van der Waals surface area contributed by atoms with Crippen molar-refractivity contribution < 1.29 is 23.9 Å². The van der Waals surface area contributed by atoms with Crippen LogP contribution in [-0.4, -0.2) is 74.1 Å². The SMILES string of the molecule is CCOC(=O)CN(C)C(=O)CN1CCC2(CCOC2=O)CC1. The second-order valence-corrected chi connectivity index (χ2v) is 6.00. The van der Waals surface area contributed by atoms with Gasteiger partial charge in [0.1, 0.15) is 6.54 Å². The highest BCUT2D eigenvalue weighted by Gasteiger charge is 2.46. The average molecular weight is 312 g/mol. The second kappa shape index (κ2) is 7.09. The van der Waals surface area contributed by atoms with Gasteiger partial charge in [0.05, 0.1) is 25.2 Å². The molecular formula is C15H24N2O5. The van der Waals surface area contributed by atoms with Crippen LogP contribution in [0.3, 0.4) is 0 Å². The molecule has 0 atom stereocenters. The summed E-state index contributed by atoms with van der Waals surface area (Å²) in [7, 11) is 1.60. The summed E-state index contributed by atoms with van der Waals surface area (Å²) < 4.78 is 9.91. The quantitative estimate of drug-likeness (QED) is 0.667. The average Bonchev–Trinajstić information content (AvgIpc) is 2.82. The van der Waals surface area contributed by atoms with Crippen molar-refractivity contribution in [2.75, 3.05) is 46.4 Å². The van der Waals surface area contributed by atoms with Gasteiger partial charge >= 0.3 is 11.9 Å². The number of hydrogen-bond acceptors (Lipinski definition) is 6. The largest absolute Gasteiger partial charge is 0.465 e. The minimum absolute atomic E-state index is 0.0310. The standard InChI is InChI=1S/C15H24N2O5/c1-3-21-13(19)11-16(2)12(18)10-17-7-4-15(5-8-17)6-9-22-14(15)20/h3-11H2,1-2H3. The van der Waals surface area contributed by atoms with Gasteiger partial charge in [0, 0.05) is 7.05 Å². The van der Waals surface area contributed by atoms with E-state index in [9.17, 15) is 14.4 Å². The fraction of sp³-hybridized carbons (Fsp3) is 0.800. The van der Waals surface area contributed by atoms with Crippen LogP contribution < -0.4 is 0 Å². The van der Waals surface area contributed by atoms with Gasteiger partial charge in [-0.05, 0) is 39.3 Å². The van der Waals surface area contributed by atoms with Crippen LogP contribution in [0, 0.1) is 5.41 Å². The van der Waals surface area contributed by atoms with Crippen molar-refractivity contribution in [3.05, 3.63) is 0 Å². The first kappa shape index (κ1) is 16.7. The van der Waals surface area contributed by atoms with Crippen LogP contribution in [0.5, 0.6) is 0 Å². The number of carbonyl (C=O) groups is 3. The Kier molecular flexibility index (Phi) is 5.39. The molecule has 2 heterocycles. The zero-order chi connectivity index (χ0) is 16.2. The van der Waals surface area contributed by atoms with E-state index in [0.29, 0.717) is 26.3 Å². The first-order valence-electron chi connectivity index (χ1n) is 7.76. The highest BCUT2D eigenvalue weighted by Crippen LogP contribution is 2.40. The molecule has 0 aliphatic carbocycles. The zero-order valence-electron chi connectivity index (χ0n) is 13.3. The van der Waals surface area contributed by atoms with Crippen LogP contribution in [0.25, 0.3) is 0 Å². The maximum absolute atomic E-state index is 12.1. The van der Waals surface area contributed by atoms with Gasteiger partial charge in [0.15, 0.2) is 0 Å². The van der Waals surface area contributed by atoms with Gasteiger partial charge in [0.25, 0.3) is 0 Å². The molecule has 0 radical (unpaired) electrons. The van der Waals surface area contributed by atoms with E-state index in [4.69, 9.17) is 9.47 Å². The van der Waals surface area contributed by atoms with E-state index >= 15 is 0 Å². The molecule has 7 nitrogen and oxygen atoms in total. The van der Waals surface area contributed by atoms with Crippen LogP contribution in [0.1, 0.15) is 26.2 Å². The third kappa shape index (κ3) is 3.76. The normalized spacial score (nSPS) is 20.7. The van der Waals surface area contributed by atoms with E-state index in [0.717, 1.165) is 19.3 Å². The summed E-state index contributed by atoms with van der Waals surface area (Å²) >= 11 is 0. The number of amides is 1. The van der Waals surface area contributed by atoms with E-state index in [1.807, 2.05) is 4.90 Å². The van der Waals surface area contributed by atoms with Crippen LogP contribution in [0.2, 0.25) is 0 Å². The third-order valence-corrected chi connectivity index (χ3v) is 4.52. The molecule has 0 N–H and O–H groups in total. The van der Waals surface area contributed by atoms with E-state index in [1.54, 1.807) is 14.0 Å². The number of likely N-dealkylation sites (N-methyl/N-ethyl adjacent to an activating group) is 1. The molecule has 2 aliphatic heterocycles. The van der Waals surface area contributed by atoms with Crippen molar-refractivity contribution in [2.45, 2.75) is 26.2 Å². The molecule has 7 heteroatoms. The monoisotopic (exact) mass is 312 g/mol. The third-order valence-electron chi connectivity index (χ3n) is 4.52. The Morgan fingerprint density at radius 3 is 2.55 bits per heavy atom. The molecule has 2 saturated heterocycles. The number of ether oxygens (including phenoxy) is 2.